The van der Waals surface area contributed by atoms with Crippen LogP contribution in [0.25, 0.3) is 0 Å². The molecule has 3 nitrogen and oxygen atoms in total. The summed E-state index contributed by atoms with van der Waals surface area (Å²) in [5.74, 6) is -4.13. The van der Waals surface area contributed by atoms with E-state index in [0.29, 0.717) is 13.0 Å². The first-order chi connectivity index (χ1) is 6.93. The van der Waals surface area contributed by atoms with E-state index < -0.39 is 31.1 Å². The van der Waals surface area contributed by atoms with Gasteiger partial charge in [-0.25, -0.2) is 8.78 Å². The van der Waals surface area contributed by atoms with Crippen LogP contribution in [0, 0.1) is 0 Å². The largest absolute Gasteiger partial charge is 0.379 e. The highest BCUT2D eigenvalue weighted by Crippen LogP contribution is 2.24. The molecule has 7 heteroatoms. The Bertz CT molecular complexity index is 203. The minimum Gasteiger partial charge on any atom is -0.379 e. The third-order valence-electron chi connectivity index (χ3n) is 2.16. The van der Waals surface area contributed by atoms with Crippen molar-refractivity contribution >= 4 is 0 Å². The average molecular weight is 231 g/mol. The molecule has 2 unspecified atom stereocenters. The van der Waals surface area contributed by atoms with Gasteiger partial charge in [0, 0.05) is 12.6 Å². The Morgan fingerprint density at radius 3 is 2.67 bits per heavy atom. The Labute approximate surface area is 84.5 Å². The van der Waals surface area contributed by atoms with E-state index in [9.17, 15) is 17.6 Å². The molecule has 1 saturated heterocycles. The van der Waals surface area contributed by atoms with Crippen molar-refractivity contribution in [3.8, 4) is 0 Å². The molecule has 0 radical (unpaired) electrons. The van der Waals surface area contributed by atoms with E-state index in [1.165, 1.54) is 0 Å². The number of halogens is 4. The van der Waals surface area contributed by atoms with Crippen LogP contribution in [0.5, 0.6) is 0 Å². The predicted octanol–water partition coefficient (Wildman–Crippen LogP) is 1.02. The lowest BCUT2D eigenvalue weighted by Gasteiger charge is -2.29. The molecule has 1 aliphatic heterocycles. The first kappa shape index (κ1) is 12.7. The zero-order chi connectivity index (χ0) is 11.5. The Morgan fingerprint density at radius 2 is 2.13 bits per heavy atom. The second-order valence-electron chi connectivity index (χ2n) is 3.44. The maximum atomic E-state index is 12.5. The third kappa shape index (κ3) is 3.58. The molecule has 0 aromatic carbocycles. The van der Waals surface area contributed by atoms with E-state index in [-0.39, 0.29) is 6.61 Å². The zero-order valence-corrected chi connectivity index (χ0v) is 7.97. The number of hydrogen-bond donors (Lipinski definition) is 1. The van der Waals surface area contributed by atoms with Gasteiger partial charge in [0.25, 0.3) is 0 Å². The molecule has 1 aliphatic rings. The summed E-state index contributed by atoms with van der Waals surface area (Å²) < 4.78 is 58.1. The highest BCUT2D eigenvalue weighted by atomic mass is 19.3. The molecule has 2 atom stereocenters. The van der Waals surface area contributed by atoms with E-state index in [2.05, 4.69) is 4.74 Å². The fourth-order valence-electron chi connectivity index (χ4n) is 1.18. The fourth-order valence-corrected chi connectivity index (χ4v) is 1.18. The summed E-state index contributed by atoms with van der Waals surface area (Å²) in [6.45, 7) is -0.820. The van der Waals surface area contributed by atoms with Gasteiger partial charge in [-0.1, -0.05) is 0 Å². The molecule has 0 saturated carbocycles. The number of rotatable bonds is 4. The van der Waals surface area contributed by atoms with Gasteiger partial charge >= 0.3 is 12.3 Å². The van der Waals surface area contributed by atoms with E-state index in [1.807, 2.05) is 0 Å². The van der Waals surface area contributed by atoms with Gasteiger partial charge < -0.3 is 15.2 Å². The minimum absolute atomic E-state index is 0.0699. The van der Waals surface area contributed by atoms with Crippen molar-refractivity contribution in [2.75, 3.05) is 19.8 Å². The van der Waals surface area contributed by atoms with Gasteiger partial charge in [-0.3, -0.25) is 0 Å². The summed E-state index contributed by atoms with van der Waals surface area (Å²) in [6.07, 6.45) is -3.98. The summed E-state index contributed by atoms with van der Waals surface area (Å²) in [4.78, 5) is 0. The molecule has 0 spiro atoms. The summed E-state index contributed by atoms with van der Waals surface area (Å²) in [6, 6.07) is -0.438. The van der Waals surface area contributed by atoms with E-state index >= 15 is 0 Å². The SMILES string of the molecule is NC1CCOCC1OCC(F)(F)C(F)F. The Kier molecular flexibility index (Phi) is 4.30. The lowest BCUT2D eigenvalue weighted by Crippen LogP contribution is -2.47. The number of alkyl halides is 4. The number of hydrogen-bond acceptors (Lipinski definition) is 3. The van der Waals surface area contributed by atoms with Crippen LogP contribution in [0.15, 0.2) is 0 Å². The number of nitrogens with two attached hydrogens (primary N) is 1. The third-order valence-corrected chi connectivity index (χ3v) is 2.16. The minimum atomic E-state index is -4.13. The van der Waals surface area contributed by atoms with Crippen molar-refractivity contribution in [2.45, 2.75) is 30.9 Å². The Balaban J connectivity index is 2.35. The van der Waals surface area contributed by atoms with Crippen LogP contribution >= 0.6 is 0 Å². The topological polar surface area (TPSA) is 44.5 Å². The van der Waals surface area contributed by atoms with E-state index in [4.69, 9.17) is 10.5 Å². The summed E-state index contributed by atoms with van der Waals surface area (Å²) in [5.41, 5.74) is 5.55. The molecule has 0 aliphatic carbocycles. The van der Waals surface area contributed by atoms with Crippen LogP contribution in [0.1, 0.15) is 6.42 Å². The molecule has 1 rings (SSSR count). The smallest absolute Gasteiger partial charge is 0.330 e. The maximum absolute atomic E-state index is 12.5. The quantitative estimate of drug-likeness (QED) is 0.735. The zero-order valence-electron chi connectivity index (χ0n) is 7.97. The van der Waals surface area contributed by atoms with Crippen LogP contribution < -0.4 is 5.73 Å². The maximum Gasteiger partial charge on any atom is 0.330 e. The molecule has 1 heterocycles. The normalized spacial score (nSPS) is 28.4. The van der Waals surface area contributed by atoms with Crippen molar-refractivity contribution in [2.24, 2.45) is 5.73 Å². The van der Waals surface area contributed by atoms with Crippen LogP contribution in [0.4, 0.5) is 17.6 Å². The highest BCUT2D eigenvalue weighted by Gasteiger charge is 2.42. The molecule has 0 aromatic heterocycles. The first-order valence-electron chi connectivity index (χ1n) is 4.54. The number of ether oxygens (including phenoxy) is 2. The van der Waals surface area contributed by atoms with Gasteiger partial charge in [0.2, 0.25) is 0 Å². The van der Waals surface area contributed by atoms with Gasteiger partial charge in [0.15, 0.2) is 0 Å². The molecular weight excluding hydrogens is 218 g/mol. The second-order valence-corrected chi connectivity index (χ2v) is 3.44. The van der Waals surface area contributed by atoms with Crippen molar-refractivity contribution in [3.63, 3.8) is 0 Å². The summed E-state index contributed by atoms with van der Waals surface area (Å²) in [7, 11) is 0. The Morgan fingerprint density at radius 1 is 1.47 bits per heavy atom. The van der Waals surface area contributed by atoms with Gasteiger partial charge in [-0.2, -0.15) is 8.78 Å². The van der Waals surface area contributed by atoms with Crippen molar-refractivity contribution in [1.29, 1.82) is 0 Å². The molecule has 0 amide bonds. The predicted molar refractivity (Wildman–Crippen MR) is 44.1 cm³/mol. The van der Waals surface area contributed by atoms with Crippen molar-refractivity contribution in [1.82, 2.24) is 0 Å². The van der Waals surface area contributed by atoms with Gasteiger partial charge in [-0.15, -0.1) is 0 Å². The van der Waals surface area contributed by atoms with Crippen LogP contribution in [0.2, 0.25) is 0 Å². The van der Waals surface area contributed by atoms with E-state index in [0.717, 1.165) is 0 Å². The molecule has 0 bridgehead atoms. The molecule has 1 fully saturated rings. The molecule has 90 valence electrons. The molecule has 2 N–H and O–H groups in total. The van der Waals surface area contributed by atoms with E-state index in [1.54, 1.807) is 0 Å². The summed E-state index contributed by atoms with van der Waals surface area (Å²) >= 11 is 0. The van der Waals surface area contributed by atoms with Gasteiger partial charge in [0.05, 0.1) is 12.7 Å². The fraction of sp³-hybridized carbons (Fsp3) is 1.00. The van der Waals surface area contributed by atoms with Gasteiger partial charge in [0.1, 0.15) is 6.61 Å². The summed E-state index contributed by atoms with van der Waals surface area (Å²) in [5, 5.41) is 0. The average Bonchev–Trinajstić information content (AvgIpc) is 2.16. The monoisotopic (exact) mass is 231 g/mol. The molecular formula is C8H13F4NO2. The lowest BCUT2D eigenvalue weighted by atomic mass is 10.1. The first-order valence-corrected chi connectivity index (χ1v) is 4.54. The standard InChI is InChI=1S/C8H13F4NO2/c9-7(10)8(11,12)4-15-6-3-14-2-1-5(6)13/h5-7H,1-4,13H2. The molecule has 0 aromatic rings. The second kappa shape index (κ2) is 5.09. The molecule has 15 heavy (non-hydrogen) atoms. The lowest BCUT2D eigenvalue weighted by molar-refractivity contribution is -0.187. The van der Waals surface area contributed by atoms with Crippen molar-refractivity contribution < 1.29 is 27.0 Å². The van der Waals surface area contributed by atoms with Gasteiger partial charge in [-0.05, 0) is 6.42 Å². The van der Waals surface area contributed by atoms with Crippen LogP contribution in [-0.2, 0) is 9.47 Å². The van der Waals surface area contributed by atoms with Crippen molar-refractivity contribution in [3.05, 3.63) is 0 Å². The van der Waals surface area contributed by atoms with Crippen LogP contribution in [-0.4, -0.2) is 44.3 Å². The van der Waals surface area contributed by atoms with Crippen LogP contribution in [0.3, 0.4) is 0 Å². The highest BCUT2D eigenvalue weighted by molar-refractivity contribution is 4.78. The Hall–Kier alpha value is -0.400.